The predicted octanol–water partition coefficient (Wildman–Crippen LogP) is 4.26. The molecule has 1 fully saturated rings. The Morgan fingerprint density at radius 1 is 1.19 bits per heavy atom. The first kappa shape index (κ1) is 16.3. The van der Waals surface area contributed by atoms with Gasteiger partial charge in [-0.05, 0) is 56.6 Å². The lowest BCUT2D eigenvalue weighted by Gasteiger charge is -2.29. The molecule has 0 radical (unpaired) electrons. The molecule has 21 heavy (non-hydrogen) atoms. The maximum Gasteiger partial charge on any atom is 0.138 e. The molecule has 2 unspecified atom stereocenters. The molecular weight excluding hydrogens is 260 g/mol. The van der Waals surface area contributed by atoms with Gasteiger partial charge in [0.1, 0.15) is 5.75 Å². The molecule has 3 heteroatoms. The molecule has 1 aromatic heterocycles. The summed E-state index contributed by atoms with van der Waals surface area (Å²) in [5, 5.41) is 0. The SMILES string of the molecule is CC(C)Oc1cncc(C2(N)CCCC(C(C)C)CC2)c1. The van der Waals surface area contributed by atoms with Crippen molar-refractivity contribution >= 4 is 0 Å². The second-order valence-electron chi connectivity index (χ2n) is 7.17. The molecule has 3 nitrogen and oxygen atoms in total. The fourth-order valence-electron chi connectivity index (χ4n) is 3.38. The Labute approximate surface area is 129 Å². The summed E-state index contributed by atoms with van der Waals surface area (Å²) in [5.74, 6) is 2.39. The first-order valence-corrected chi connectivity index (χ1v) is 8.32. The van der Waals surface area contributed by atoms with E-state index in [2.05, 4.69) is 24.9 Å². The van der Waals surface area contributed by atoms with E-state index in [0.717, 1.165) is 36.0 Å². The third-order valence-electron chi connectivity index (χ3n) is 4.76. The van der Waals surface area contributed by atoms with Crippen LogP contribution in [0.2, 0.25) is 0 Å². The molecule has 1 aliphatic carbocycles. The van der Waals surface area contributed by atoms with E-state index < -0.39 is 0 Å². The summed E-state index contributed by atoms with van der Waals surface area (Å²) in [4.78, 5) is 4.34. The van der Waals surface area contributed by atoms with Gasteiger partial charge in [-0.1, -0.05) is 26.7 Å². The fraction of sp³-hybridized carbons (Fsp3) is 0.722. The van der Waals surface area contributed by atoms with Gasteiger partial charge in [-0.25, -0.2) is 0 Å². The van der Waals surface area contributed by atoms with E-state index in [4.69, 9.17) is 10.5 Å². The zero-order chi connectivity index (χ0) is 15.5. The van der Waals surface area contributed by atoms with E-state index in [0.29, 0.717) is 0 Å². The van der Waals surface area contributed by atoms with Gasteiger partial charge < -0.3 is 10.5 Å². The molecule has 1 saturated carbocycles. The Morgan fingerprint density at radius 3 is 2.62 bits per heavy atom. The van der Waals surface area contributed by atoms with Crippen LogP contribution in [-0.4, -0.2) is 11.1 Å². The van der Waals surface area contributed by atoms with E-state index in [-0.39, 0.29) is 11.6 Å². The Morgan fingerprint density at radius 2 is 1.95 bits per heavy atom. The third-order valence-corrected chi connectivity index (χ3v) is 4.76. The smallest absolute Gasteiger partial charge is 0.138 e. The van der Waals surface area contributed by atoms with Gasteiger partial charge in [0.2, 0.25) is 0 Å². The largest absolute Gasteiger partial charge is 0.489 e. The zero-order valence-corrected chi connectivity index (χ0v) is 13.9. The maximum absolute atomic E-state index is 6.75. The van der Waals surface area contributed by atoms with Crippen LogP contribution in [0.5, 0.6) is 5.75 Å². The van der Waals surface area contributed by atoms with Crippen LogP contribution in [0.25, 0.3) is 0 Å². The molecule has 2 rings (SSSR count). The summed E-state index contributed by atoms with van der Waals surface area (Å²) < 4.78 is 5.76. The Kier molecular flexibility index (Phi) is 5.26. The Balaban J connectivity index is 2.15. The fourth-order valence-corrected chi connectivity index (χ4v) is 3.38. The minimum Gasteiger partial charge on any atom is -0.489 e. The van der Waals surface area contributed by atoms with Crippen molar-refractivity contribution in [2.45, 2.75) is 71.4 Å². The summed E-state index contributed by atoms with van der Waals surface area (Å²) in [5.41, 5.74) is 7.63. The van der Waals surface area contributed by atoms with Gasteiger partial charge in [-0.15, -0.1) is 0 Å². The highest BCUT2D eigenvalue weighted by molar-refractivity contribution is 5.29. The van der Waals surface area contributed by atoms with Crippen LogP contribution in [0.3, 0.4) is 0 Å². The highest BCUT2D eigenvalue weighted by Gasteiger charge is 2.32. The summed E-state index contributed by atoms with van der Waals surface area (Å²) in [6.45, 7) is 8.72. The minimum absolute atomic E-state index is 0.162. The highest BCUT2D eigenvalue weighted by atomic mass is 16.5. The van der Waals surface area contributed by atoms with Crippen molar-refractivity contribution in [3.05, 3.63) is 24.0 Å². The maximum atomic E-state index is 6.75. The van der Waals surface area contributed by atoms with Gasteiger partial charge in [0.05, 0.1) is 12.3 Å². The van der Waals surface area contributed by atoms with Crippen LogP contribution in [-0.2, 0) is 5.54 Å². The van der Waals surface area contributed by atoms with Crippen molar-refractivity contribution in [2.75, 3.05) is 0 Å². The van der Waals surface area contributed by atoms with Gasteiger partial charge in [-0.3, -0.25) is 4.98 Å². The first-order valence-electron chi connectivity index (χ1n) is 8.32. The first-order chi connectivity index (χ1) is 9.90. The van der Waals surface area contributed by atoms with Crippen LogP contribution in [0.15, 0.2) is 18.5 Å². The lowest BCUT2D eigenvalue weighted by Crippen LogP contribution is -2.36. The van der Waals surface area contributed by atoms with Gasteiger partial charge in [-0.2, -0.15) is 0 Å². The van der Waals surface area contributed by atoms with E-state index in [1.54, 1.807) is 6.20 Å². The quantitative estimate of drug-likeness (QED) is 0.843. The second kappa shape index (κ2) is 6.78. The average molecular weight is 290 g/mol. The molecule has 0 spiro atoms. The highest BCUT2D eigenvalue weighted by Crippen LogP contribution is 2.38. The van der Waals surface area contributed by atoms with Crippen molar-refractivity contribution in [1.82, 2.24) is 4.98 Å². The minimum atomic E-state index is -0.243. The number of rotatable bonds is 4. The second-order valence-corrected chi connectivity index (χ2v) is 7.17. The molecule has 0 amide bonds. The summed E-state index contributed by atoms with van der Waals surface area (Å²) in [7, 11) is 0. The number of ether oxygens (including phenoxy) is 1. The lowest BCUT2D eigenvalue weighted by atomic mass is 9.83. The average Bonchev–Trinajstić information content (AvgIpc) is 2.61. The molecule has 1 aromatic rings. The molecule has 0 saturated heterocycles. The number of hydrogen-bond donors (Lipinski definition) is 1. The molecule has 0 aromatic carbocycles. The zero-order valence-electron chi connectivity index (χ0n) is 13.9. The van der Waals surface area contributed by atoms with Crippen molar-refractivity contribution in [3.63, 3.8) is 0 Å². The van der Waals surface area contributed by atoms with E-state index in [1.807, 2.05) is 20.0 Å². The van der Waals surface area contributed by atoms with Gasteiger partial charge >= 0.3 is 0 Å². The molecule has 1 aliphatic rings. The molecule has 0 aliphatic heterocycles. The summed E-state index contributed by atoms with van der Waals surface area (Å²) in [6, 6.07) is 2.09. The molecule has 1 heterocycles. The van der Waals surface area contributed by atoms with Crippen LogP contribution < -0.4 is 10.5 Å². The van der Waals surface area contributed by atoms with Crippen LogP contribution in [0.1, 0.15) is 65.4 Å². The van der Waals surface area contributed by atoms with Crippen molar-refractivity contribution < 1.29 is 4.74 Å². The standard InChI is InChI=1S/C18H30N2O/c1-13(2)15-6-5-8-18(19,9-7-15)16-10-17(12-20-11-16)21-14(3)4/h10-15H,5-9,19H2,1-4H3. The number of pyridine rings is 1. The van der Waals surface area contributed by atoms with E-state index in [9.17, 15) is 0 Å². The van der Waals surface area contributed by atoms with Gasteiger partial charge in [0.15, 0.2) is 0 Å². The molecule has 2 N–H and O–H groups in total. The van der Waals surface area contributed by atoms with Gasteiger partial charge in [0, 0.05) is 11.7 Å². The van der Waals surface area contributed by atoms with Crippen molar-refractivity contribution in [3.8, 4) is 5.75 Å². The molecular formula is C18H30N2O. The molecule has 0 bridgehead atoms. The van der Waals surface area contributed by atoms with Crippen LogP contribution in [0, 0.1) is 11.8 Å². The summed E-state index contributed by atoms with van der Waals surface area (Å²) >= 11 is 0. The van der Waals surface area contributed by atoms with Gasteiger partial charge in [0.25, 0.3) is 0 Å². The monoisotopic (exact) mass is 290 g/mol. The third kappa shape index (κ3) is 4.19. The number of nitrogens with two attached hydrogens (primary N) is 1. The lowest BCUT2D eigenvalue weighted by molar-refractivity contribution is 0.240. The number of aromatic nitrogens is 1. The molecule has 118 valence electrons. The number of hydrogen-bond acceptors (Lipinski definition) is 3. The molecule has 2 atom stereocenters. The van der Waals surface area contributed by atoms with Crippen molar-refractivity contribution in [1.29, 1.82) is 0 Å². The summed E-state index contributed by atoms with van der Waals surface area (Å²) in [6.07, 6.45) is 9.66. The normalized spacial score (nSPS) is 26.9. The van der Waals surface area contributed by atoms with Crippen molar-refractivity contribution in [2.24, 2.45) is 17.6 Å². The van der Waals surface area contributed by atoms with E-state index >= 15 is 0 Å². The Bertz CT molecular complexity index is 458. The predicted molar refractivity (Wildman–Crippen MR) is 87.3 cm³/mol. The van der Waals surface area contributed by atoms with E-state index in [1.165, 1.54) is 19.3 Å². The Hall–Kier alpha value is -1.09. The van der Waals surface area contributed by atoms with Crippen LogP contribution in [0.4, 0.5) is 0 Å². The number of nitrogens with zero attached hydrogens (tertiary/aromatic N) is 1. The van der Waals surface area contributed by atoms with Crippen LogP contribution >= 0.6 is 0 Å². The topological polar surface area (TPSA) is 48.1 Å².